The summed E-state index contributed by atoms with van der Waals surface area (Å²) in [5.41, 5.74) is 0.709. The zero-order chi connectivity index (χ0) is 44.7. The first kappa shape index (κ1) is 46.6. The van der Waals surface area contributed by atoms with E-state index in [0.717, 1.165) is 6.08 Å². The number of ether oxygens (including phenoxy) is 8. The summed E-state index contributed by atoms with van der Waals surface area (Å²) in [7, 11) is 0. The van der Waals surface area contributed by atoms with Crippen molar-refractivity contribution in [3.63, 3.8) is 0 Å². The normalized spacial score (nSPS) is 33.5. The minimum Gasteiger partial charge on any atom is -0.462 e. The number of aliphatic hydroxyl groups excluding tert-OH is 9. The van der Waals surface area contributed by atoms with Crippen molar-refractivity contribution < 1.29 is 98.2 Å². The minimum absolute atomic E-state index is 0.0488. The average Bonchev–Trinajstić information content (AvgIpc) is 3.55. The molecule has 0 spiro atoms. The summed E-state index contributed by atoms with van der Waals surface area (Å²) in [6, 6.07) is 19.7. The second-order valence-electron chi connectivity index (χ2n) is 14.7. The molecule has 3 aromatic rings. The summed E-state index contributed by atoms with van der Waals surface area (Å²) in [5.74, 6) is -5.41. The minimum atomic E-state index is -2.57. The molecule has 3 aliphatic heterocycles. The van der Waals surface area contributed by atoms with Gasteiger partial charge in [-0.3, -0.25) is 0 Å². The van der Waals surface area contributed by atoms with Gasteiger partial charge in [0.15, 0.2) is 18.5 Å². The molecule has 336 valence electrons. The molecular weight excluding hydrogens is 824 g/mol. The highest BCUT2D eigenvalue weighted by molar-refractivity contribution is 5.90. The largest absolute Gasteiger partial charge is 0.462 e. The van der Waals surface area contributed by atoms with Crippen LogP contribution in [0.25, 0.3) is 6.08 Å². The third kappa shape index (κ3) is 10.3. The van der Waals surface area contributed by atoms with Gasteiger partial charge < -0.3 is 83.9 Å². The molecular formula is C42H48O20. The topological polar surface area (TPSA) is 307 Å². The van der Waals surface area contributed by atoms with Gasteiger partial charge in [-0.15, -0.1) is 0 Å². The Hall–Kier alpha value is -4.91. The zero-order valence-electron chi connectivity index (χ0n) is 33.0. The lowest BCUT2D eigenvalue weighted by molar-refractivity contribution is -0.383. The fourth-order valence-corrected chi connectivity index (χ4v) is 6.98. The Morgan fingerprint density at radius 3 is 1.98 bits per heavy atom. The van der Waals surface area contributed by atoms with E-state index in [4.69, 9.17) is 37.9 Å². The van der Waals surface area contributed by atoms with Crippen LogP contribution in [-0.2, 0) is 44.6 Å². The van der Waals surface area contributed by atoms with E-state index >= 15 is 0 Å². The molecule has 0 unspecified atom stereocenters. The molecule has 6 rings (SSSR count). The Morgan fingerprint density at radius 2 is 1.35 bits per heavy atom. The molecule has 3 aliphatic rings. The molecule has 20 nitrogen and oxygen atoms in total. The van der Waals surface area contributed by atoms with E-state index in [-0.39, 0.29) is 22.4 Å². The Bertz CT molecular complexity index is 2000. The molecule has 0 bridgehead atoms. The van der Waals surface area contributed by atoms with Crippen molar-refractivity contribution in [2.24, 2.45) is 0 Å². The van der Waals surface area contributed by atoms with Gasteiger partial charge in [0, 0.05) is 11.6 Å². The lowest BCUT2D eigenvalue weighted by Gasteiger charge is -2.44. The molecule has 3 aromatic carbocycles. The summed E-state index contributed by atoms with van der Waals surface area (Å²) < 4.78 is 45.0. The molecule has 0 saturated carbocycles. The maximum absolute atomic E-state index is 13.3. The molecule has 0 amide bonds. The Morgan fingerprint density at radius 1 is 0.710 bits per heavy atom. The first-order valence-corrected chi connectivity index (χ1v) is 19.4. The van der Waals surface area contributed by atoms with E-state index in [0.29, 0.717) is 5.56 Å². The Kier molecular flexibility index (Phi) is 15.4. The quantitative estimate of drug-likeness (QED) is 0.0467. The van der Waals surface area contributed by atoms with Crippen molar-refractivity contribution in [3.05, 3.63) is 107 Å². The number of hydrogen-bond acceptors (Lipinski definition) is 20. The SMILES string of the molecule is C[C@@H]1O[C@H](Oc2ccc(/C=C\C(=O)O[C@H]3[C@H](O)[C@H](CO)O[C@@]3(CO)O[C@H]3O[C@H](COC(=O)c4ccccc4)[C@@H](OC(=O)c4ccccc4)[C@H](O)[C@H]3O)cc2CO)[C@H](O)[C@H](O)[C@H]1O. The van der Waals surface area contributed by atoms with Gasteiger partial charge in [0.1, 0.15) is 67.8 Å². The van der Waals surface area contributed by atoms with Crippen LogP contribution < -0.4 is 4.74 Å². The number of carbonyl (C=O) groups excluding carboxylic acids is 3. The summed E-state index contributed by atoms with van der Waals surface area (Å²) in [4.78, 5) is 39.2. The van der Waals surface area contributed by atoms with Crippen LogP contribution in [0.5, 0.6) is 5.75 Å². The first-order valence-electron chi connectivity index (χ1n) is 19.4. The third-order valence-corrected chi connectivity index (χ3v) is 10.4. The number of hydrogen-bond donors (Lipinski definition) is 9. The van der Waals surface area contributed by atoms with Crippen molar-refractivity contribution in [2.75, 3.05) is 19.8 Å². The highest BCUT2D eigenvalue weighted by atomic mass is 16.8. The molecule has 3 heterocycles. The van der Waals surface area contributed by atoms with Gasteiger partial charge in [-0.05, 0) is 55.0 Å². The van der Waals surface area contributed by atoms with Gasteiger partial charge >= 0.3 is 17.9 Å². The van der Waals surface area contributed by atoms with Gasteiger partial charge in [-0.2, -0.15) is 0 Å². The van der Waals surface area contributed by atoms with Gasteiger partial charge in [-0.1, -0.05) is 42.5 Å². The third-order valence-electron chi connectivity index (χ3n) is 10.4. The van der Waals surface area contributed by atoms with Crippen LogP contribution in [0.15, 0.2) is 84.9 Å². The van der Waals surface area contributed by atoms with E-state index in [1.807, 2.05) is 0 Å². The van der Waals surface area contributed by atoms with E-state index in [9.17, 15) is 60.3 Å². The van der Waals surface area contributed by atoms with Crippen molar-refractivity contribution in [2.45, 2.75) is 99.0 Å². The van der Waals surface area contributed by atoms with Crippen LogP contribution in [-0.4, -0.2) is 169 Å². The standard InChI is InChI=1S/C42H48O20/c1-21-30(47)32(49)34(51)40(56-21)57-26-14-12-22(16-25(26)17-43)13-15-29(46)59-37-31(48)27(18-44)61-42(37,20-45)62-41-35(52)33(50)36(60-39(54)24-10-6-3-7-11-24)28(58-41)19-55-38(53)23-8-4-2-5-9-23/h2-16,21,27-28,30-37,40-41,43-45,47-52H,17-20H2,1H3/b15-13-/t21-,27-,28+,30-,31+,32+,33+,34+,35+,36+,37-,40+,41+,42-/m0/s1. The zero-order valence-corrected chi connectivity index (χ0v) is 33.0. The van der Waals surface area contributed by atoms with Crippen molar-refractivity contribution in [1.29, 1.82) is 0 Å². The summed E-state index contributed by atoms with van der Waals surface area (Å²) in [6.45, 7) is -1.84. The van der Waals surface area contributed by atoms with Crippen LogP contribution >= 0.6 is 0 Å². The van der Waals surface area contributed by atoms with E-state index in [2.05, 4.69) is 0 Å². The fraction of sp³-hybridized carbons (Fsp3) is 0.452. The average molecular weight is 873 g/mol. The maximum Gasteiger partial charge on any atom is 0.338 e. The number of carbonyl (C=O) groups is 3. The fourth-order valence-electron chi connectivity index (χ4n) is 6.98. The Labute approximate surface area is 353 Å². The molecule has 0 radical (unpaired) electrons. The van der Waals surface area contributed by atoms with Gasteiger partial charge in [0.25, 0.3) is 0 Å². The summed E-state index contributed by atoms with van der Waals surface area (Å²) in [6.07, 6.45) is -19.3. The molecule has 3 fully saturated rings. The van der Waals surface area contributed by atoms with Crippen LogP contribution in [0.1, 0.15) is 38.8 Å². The molecule has 14 atom stereocenters. The predicted octanol–water partition coefficient (Wildman–Crippen LogP) is -1.70. The second-order valence-corrected chi connectivity index (χ2v) is 14.7. The highest BCUT2D eigenvalue weighted by Crippen LogP contribution is 2.39. The molecule has 3 saturated heterocycles. The van der Waals surface area contributed by atoms with Crippen LogP contribution in [0.4, 0.5) is 0 Å². The number of aliphatic hydroxyl groups is 9. The number of esters is 3. The van der Waals surface area contributed by atoms with E-state index in [1.165, 1.54) is 55.5 Å². The lowest BCUT2D eigenvalue weighted by atomic mass is 9.98. The van der Waals surface area contributed by atoms with Crippen LogP contribution in [0.2, 0.25) is 0 Å². The smallest absolute Gasteiger partial charge is 0.338 e. The lowest BCUT2D eigenvalue weighted by Crippen LogP contribution is -2.64. The molecule has 20 heteroatoms. The van der Waals surface area contributed by atoms with Crippen LogP contribution in [0.3, 0.4) is 0 Å². The highest BCUT2D eigenvalue weighted by Gasteiger charge is 2.61. The van der Waals surface area contributed by atoms with E-state index < -0.39 is 130 Å². The van der Waals surface area contributed by atoms with Gasteiger partial charge in [0.2, 0.25) is 12.1 Å². The van der Waals surface area contributed by atoms with Crippen molar-refractivity contribution >= 4 is 24.0 Å². The maximum atomic E-state index is 13.3. The first-order chi connectivity index (χ1) is 29.7. The predicted molar refractivity (Wildman–Crippen MR) is 206 cm³/mol. The van der Waals surface area contributed by atoms with Crippen LogP contribution in [0, 0.1) is 0 Å². The number of benzene rings is 3. The van der Waals surface area contributed by atoms with Crippen molar-refractivity contribution in [3.8, 4) is 5.75 Å². The monoisotopic (exact) mass is 872 g/mol. The molecule has 62 heavy (non-hydrogen) atoms. The van der Waals surface area contributed by atoms with Gasteiger partial charge in [-0.25, -0.2) is 14.4 Å². The molecule has 0 aromatic heterocycles. The van der Waals surface area contributed by atoms with E-state index in [1.54, 1.807) is 36.4 Å². The number of rotatable bonds is 15. The second kappa shape index (κ2) is 20.5. The summed E-state index contributed by atoms with van der Waals surface area (Å²) >= 11 is 0. The van der Waals surface area contributed by atoms with Gasteiger partial charge in [0.05, 0.1) is 30.4 Å². The Balaban J connectivity index is 1.18. The summed E-state index contributed by atoms with van der Waals surface area (Å²) in [5, 5.41) is 94.8. The van der Waals surface area contributed by atoms with Crippen molar-refractivity contribution in [1.82, 2.24) is 0 Å². The molecule has 9 N–H and O–H groups in total. The molecule has 0 aliphatic carbocycles.